The van der Waals surface area contributed by atoms with Crippen LogP contribution in [0.15, 0.2) is 24.3 Å². The van der Waals surface area contributed by atoms with Crippen molar-refractivity contribution in [3.8, 4) is 0 Å². The van der Waals surface area contributed by atoms with E-state index in [-0.39, 0.29) is 25.1 Å². The van der Waals surface area contributed by atoms with Crippen LogP contribution < -0.4 is 5.32 Å². The van der Waals surface area contributed by atoms with Gasteiger partial charge in [-0.25, -0.2) is 4.39 Å². The normalized spacial score (nSPS) is 12.5. The van der Waals surface area contributed by atoms with Crippen molar-refractivity contribution in [3.63, 3.8) is 0 Å². The summed E-state index contributed by atoms with van der Waals surface area (Å²) in [6, 6.07) is 5.68. The van der Waals surface area contributed by atoms with Gasteiger partial charge in [0.25, 0.3) is 0 Å². The lowest BCUT2D eigenvalue weighted by atomic mass is 10.2. The zero-order chi connectivity index (χ0) is 10.4. The molecule has 0 amide bonds. The van der Waals surface area contributed by atoms with Crippen LogP contribution in [0.25, 0.3) is 0 Å². The van der Waals surface area contributed by atoms with E-state index in [4.69, 9.17) is 10.2 Å². The Bertz CT molecular complexity index is 263. The molecule has 0 spiro atoms. The van der Waals surface area contributed by atoms with Crippen molar-refractivity contribution in [1.29, 1.82) is 0 Å². The highest BCUT2D eigenvalue weighted by Gasteiger charge is 2.05. The molecular weight excluding hydrogens is 185 g/mol. The maximum absolute atomic E-state index is 12.5. The second-order valence-corrected chi connectivity index (χ2v) is 3.04. The minimum absolute atomic E-state index is 0.0133. The Balaban J connectivity index is 2.53. The molecule has 0 fully saturated rings. The van der Waals surface area contributed by atoms with Crippen LogP contribution in [0.5, 0.6) is 0 Å². The molecular formula is C10H14FNO2. The molecule has 0 aliphatic heterocycles. The smallest absolute Gasteiger partial charge is 0.123 e. The van der Waals surface area contributed by atoms with E-state index >= 15 is 0 Å². The van der Waals surface area contributed by atoms with E-state index in [2.05, 4.69) is 5.32 Å². The van der Waals surface area contributed by atoms with Crippen LogP contribution in [0, 0.1) is 5.82 Å². The molecule has 1 rings (SSSR count). The molecule has 0 aliphatic rings. The molecule has 1 aromatic rings. The molecule has 3 nitrogen and oxygen atoms in total. The van der Waals surface area contributed by atoms with Crippen LogP contribution >= 0.6 is 0 Å². The summed E-state index contributed by atoms with van der Waals surface area (Å²) >= 11 is 0. The van der Waals surface area contributed by atoms with Gasteiger partial charge in [-0.3, -0.25) is 0 Å². The Morgan fingerprint density at radius 2 is 1.86 bits per heavy atom. The number of anilines is 1. The summed E-state index contributed by atoms with van der Waals surface area (Å²) < 4.78 is 12.5. The van der Waals surface area contributed by atoms with E-state index in [0.29, 0.717) is 6.42 Å². The van der Waals surface area contributed by atoms with Crippen molar-refractivity contribution in [2.24, 2.45) is 0 Å². The first-order chi connectivity index (χ1) is 6.76. The molecule has 1 aromatic carbocycles. The SMILES string of the molecule is OCCC(CO)Nc1ccc(F)cc1. The Morgan fingerprint density at radius 1 is 1.21 bits per heavy atom. The van der Waals surface area contributed by atoms with Crippen LogP contribution in [0.4, 0.5) is 10.1 Å². The summed E-state index contributed by atoms with van der Waals surface area (Å²) in [5.41, 5.74) is 0.735. The molecule has 1 unspecified atom stereocenters. The summed E-state index contributed by atoms with van der Waals surface area (Å²) in [6.45, 7) is -0.0443. The topological polar surface area (TPSA) is 52.5 Å². The van der Waals surface area contributed by atoms with Crippen molar-refractivity contribution in [2.75, 3.05) is 18.5 Å². The molecule has 14 heavy (non-hydrogen) atoms. The Labute approximate surface area is 82.2 Å². The fourth-order valence-corrected chi connectivity index (χ4v) is 1.15. The van der Waals surface area contributed by atoms with Gasteiger partial charge in [0, 0.05) is 12.3 Å². The quantitative estimate of drug-likeness (QED) is 0.662. The van der Waals surface area contributed by atoms with Gasteiger partial charge in [0.2, 0.25) is 0 Å². The predicted molar refractivity (Wildman–Crippen MR) is 52.6 cm³/mol. The molecule has 0 aliphatic carbocycles. The van der Waals surface area contributed by atoms with Gasteiger partial charge in [-0.1, -0.05) is 0 Å². The molecule has 1 atom stereocenters. The van der Waals surface area contributed by atoms with Crippen molar-refractivity contribution >= 4 is 5.69 Å². The zero-order valence-electron chi connectivity index (χ0n) is 7.78. The maximum Gasteiger partial charge on any atom is 0.123 e. The fraction of sp³-hybridized carbons (Fsp3) is 0.400. The number of benzene rings is 1. The number of hydrogen-bond acceptors (Lipinski definition) is 3. The minimum Gasteiger partial charge on any atom is -0.396 e. The average molecular weight is 199 g/mol. The van der Waals surface area contributed by atoms with Gasteiger partial charge in [0.1, 0.15) is 5.82 Å². The average Bonchev–Trinajstić information content (AvgIpc) is 2.20. The van der Waals surface area contributed by atoms with Gasteiger partial charge in [0.05, 0.1) is 12.6 Å². The zero-order valence-corrected chi connectivity index (χ0v) is 7.78. The first-order valence-electron chi connectivity index (χ1n) is 4.50. The van der Waals surface area contributed by atoms with E-state index in [9.17, 15) is 4.39 Å². The molecule has 0 radical (unpaired) electrons. The lowest BCUT2D eigenvalue weighted by molar-refractivity contribution is 0.229. The van der Waals surface area contributed by atoms with Crippen molar-refractivity contribution < 1.29 is 14.6 Å². The second-order valence-electron chi connectivity index (χ2n) is 3.04. The van der Waals surface area contributed by atoms with E-state index in [1.807, 2.05) is 0 Å². The van der Waals surface area contributed by atoms with Crippen LogP contribution in [0.3, 0.4) is 0 Å². The largest absolute Gasteiger partial charge is 0.396 e. The molecule has 0 aromatic heterocycles. The number of halogens is 1. The number of aliphatic hydroxyl groups excluding tert-OH is 2. The van der Waals surface area contributed by atoms with E-state index in [1.165, 1.54) is 12.1 Å². The first-order valence-corrected chi connectivity index (χ1v) is 4.50. The standard InChI is InChI=1S/C10H14FNO2/c11-8-1-3-9(4-2-8)12-10(7-14)5-6-13/h1-4,10,12-14H,5-7H2. The van der Waals surface area contributed by atoms with Gasteiger partial charge >= 0.3 is 0 Å². The minimum atomic E-state index is -0.293. The highest BCUT2D eigenvalue weighted by molar-refractivity contribution is 5.43. The van der Waals surface area contributed by atoms with E-state index < -0.39 is 0 Å². The molecule has 0 saturated heterocycles. The predicted octanol–water partition coefficient (Wildman–Crippen LogP) is 0.981. The Kier molecular flexibility index (Phi) is 4.35. The van der Waals surface area contributed by atoms with E-state index in [0.717, 1.165) is 5.69 Å². The van der Waals surface area contributed by atoms with E-state index in [1.54, 1.807) is 12.1 Å². The summed E-state index contributed by atoms with van der Waals surface area (Å²) in [5, 5.41) is 20.6. The van der Waals surface area contributed by atoms with Gasteiger partial charge < -0.3 is 15.5 Å². The fourth-order valence-electron chi connectivity index (χ4n) is 1.15. The van der Waals surface area contributed by atoms with Crippen molar-refractivity contribution in [3.05, 3.63) is 30.1 Å². The summed E-state index contributed by atoms with van der Waals surface area (Å²) in [6.07, 6.45) is 0.466. The lowest BCUT2D eigenvalue weighted by Crippen LogP contribution is -2.24. The molecule has 0 bridgehead atoms. The monoisotopic (exact) mass is 199 g/mol. The number of rotatable bonds is 5. The molecule has 0 heterocycles. The summed E-state index contributed by atoms with van der Waals surface area (Å²) in [5.74, 6) is -0.293. The third-order valence-electron chi connectivity index (χ3n) is 1.91. The van der Waals surface area contributed by atoms with Crippen LogP contribution in [-0.2, 0) is 0 Å². The highest BCUT2D eigenvalue weighted by atomic mass is 19.1. The molecule has 0 saturated carbocycles. The van der Waals surface area contributed by atoms with Gasteiger partial charge in [0.15, 0.2) is 0 Å². The van der Waals surface area contributed by atoms with Crippen molar-refractivity contribution in [1.82, 2.24) is 0 Å². The number of nitrogens with one attached hydrogen (secondary N) is 1. The lowest BCUT2D eigenvalue weighted by Gasteiger charge is -2.16. The van der Waals surface area contributed by atoms with Crippen LogP contribution in [0.1, 0.15) is 6.42 Å². The van der Waals surface area contributed by atoms with Crippen LogP contribution in [0.2, 0.25) is 0 Å². The van der Waals surface area contributed by atoms with Gasteiger partial charge in [-0.05, 0) is 30.7 Å². The number of aliphatic hydroxyl groups is 2. The Morgan fingerprint density at radius 3 is 2.36 bits per heavy atom. The summed E-state index contributed by atoms with van der Waals surface area (Å²) in [7, 11) is 0. The molecule has 3 N–H and O–H groups in total. The molecule has 78 valence electrons. The highest BCUT2D eigenvalue weighted by Crippen LogP contribution is 2.10. The first kappa shape index (κ1) is 10.9. The third kappa shape index (κ3) is 3.32. The molecule has 4 heteroatoms. The summed E-state index contributed by atoms with van der Waals surface area (Å²) in [4.78, 5) is 0. The van der Waals surface area contributed by atoms with Gasteiger partial charge in [-0.2, -0.15) is 0 Å². The maximum atomic E-state index is 12.5. The third-order valence-corrected chi connectivity index (χ3v) is 1.91. The Hall–Kier alpha value is -1.13. The van der Waals surface area contributed by atoms with Gasteiger partial charge in [-0.15, -0.1) is 0 Å². The van der Waals surface area contributed by atoms with Crippen molar-refractivity contribution in [2.45, 2.75) is 12.5 Å². The second kappa shape index (κ2) is 5.57. The number of hydrogen-bond donors (Lipinski definition) is 3. The van der Waals surface area contributed by atoms with Crippen LogP contribution in [-0.4, -0.2) is 29.5 Å².